The monoisotopic (exact) mass is 327 g/mol. The third-order valence-corrected chi connectivity index (χ3v) is 4.38. The molecule has 1 aromatic heterocycles. The normalized spacial score (nSPS) is 19.9. The predicted octanol–water partition coefficient (Wildman–Crippen LogP) is 3.70. The van der Waals surface area contributed by atoms with Gasteiger partial charge < -0.3 is 10.1 Å². The van der Waals surface area contributed by atoms with E-state index in [1.807, 2.05) is 41.9 Å². The number of carbonyl (C=O) groups is 1. The number of aryl methyl sites for hydroxylation is 1. The minimum absolute atomic E-state index is 0.00933. The third-order valence-electron chi connectivity index (χ3n) is 4.38. The van der Waals surface area contributed by atoms with Crippen molar-refractivity contribution < 1.29 is 9.53 Å². The van der Waals surface area contributed by atoms with Crippen LogP contribution in [0.3, 0.4) is 0 Å². The van der Waals surface area contributed by atoms with Crippen LogP contribution in [0.4, 0.5) is 5.82 Å². The van der Waals surface area contributed by atoms with Crippen LogP contribution in [0.5, 0.6) is 5.75 Å². The van der Waals surface area contributed by atoms with Gasteiger partial charge in [-0.1, -0.05) is 18.2 Å². The van der Waals surface area contributed by atoms with Gasteiger partial charge in [-0.05, 0) is 51.7 Å². The molecule has 0 spiro atoms. The second-order valence-electron chi connectivity index (χ2n) is 7.43. The quantitative estimate of drug-likeness (QED) is 0.931. The Bertz CT molecular complexity index is 758. The maximum Gasteiger partial charge on any atom is 0.229 e. The summed E-state index contributed by atoms with van der Waals surface area (Å²) in [6.45, 7) is 8.16. The maximum atomic E-state index is 12.7. The lowest BCUT2D eigenvalue weighted by Gasteiger charge is -2.22. The first-order valence-corrected chi connectivity index (χ1v) is 8.32. The summed E-state index contributed by atoms with van der Waals surface area (Å²) >= 11 is 0. The summed E-state index contributed by atoms with van der Waals surface area (Å²) in [5.41, 5.74) is 1.83. The average molecular weight is 327 g/mol. The van der Waals surface area contributed by atoms with Crippen molar-refractivity contribution in [2.45, 2.75) is 45.6 Å². The molecule has 5 heteroatoms. The maximum absolute atomic E-state index is 12.7. The molecule has 128 valence electrons. The number of nitrogens with one attached hydrogen (secondary N) is 1. The van der Waals surface area contributed by atoms with E-state index < -0.39 is 0 Å². The number of aromatic nitrogens is 2. The number of para-hydroxylation sites is 1. The Morgan fingerprint density at radius 1 is 1.33 bits per heavy atom. The first-order valence-electron chi connectivity index (χ1n) is 8.32. The molecule has 1 aliphatic rings. The number of carbonyl (C=O) groups excluding carboxylic acids is 1. The van der Waals surface area contributed by atoms with Gasteiger partial charge in [-0.25, -0.2) is 4.68 Å². The molecule has 1 heterocycles. The van der Waals surface area contributed by atoms with E-state index in [4.69, 9.17) is 4.74 Å². The number of methoxy groups -OCH3 is 1. The highest BCUT2D eigenvalue weighted by molar-refractivity contribution is 5.94. The summed E-state index contributed by atoms with van der Waals surface area (Å²) in [4.78, 5) is 12.7. The first-order chi connectivity index (χ1) is 11.3. The third kappa shape index (κ3) is 3.16. The van der Waals surface area contributed by atoms with E-state index in [1.165, 1.54) is 0 Å². The fraction of sp³-hybridized carbons (Fsp3) is 0.474. The van der Waals surface area contributed by atoms with Crippen LogP contribution in [-0.2, 0) is 10.3 Å². The second-order valence-corrected chi connectivity index (χ2v) is 7.43. The van der Waals surface area contributed by atoms with Crippen LogP contribution in [0.2, 0.25) is 0 Å². The molecule has 3 rings (SSSR count). The van der Waals surface area contributed by atoms with Crippen LogP contribution in [-0.4, -0.2) is 22.8 Å². The number of amides is 1. The highest BCUT2D eigenvalue weighted by Crippen LogP contribution is 2.50. The fourth-order valence-corrected chi connectivity index (χ4v) is 3.12. The minimum atomic E-state index is -0.178. The summed E-state index contributed by atoms with van der Waals surface area (Å²) in [6, 6.07) is 9.85. The Hall–Kier alpha value is -2.30. The molecule has 1 fully saturated rings. The zero-order valence-electron chi connectivity index (χ0n) is 15.0. The molecule has 0 saturated heterocycles. The largest absolute Gasteiger partial charge is 0.496 e. The van der Waals surface area contributed by atoms with E-state index in [1.54, 1.807) is 7.11 Å². The van der Waals surface area contributed by atoms with Crippen molar-refractivity contribution in [3.05, 3.63) is 41.6 Å². The molecule has 2 aromatic rings. The highest BCUT2D eigenvalue weighted by Gasteiger charge is 2.45. The van der Waals surface area contributed by atoms with Gasteiger partial charge in [0.2, 0.25) is 5.91 Å². The lowest BCUT2D eigenvalue weighted by Crippen LogP contribution is -2.27. The van der Waals surface area contributed by atoms with Crippen LogP contribution in [0.1, 0.15) is 44.4 Å². The Morgan fingerprint density at radius 2 is 2.04 bits per heavy atom. The van der Waals surface area contributed by atoms with Gasteiger partial charge in [0.15, 0.2) is 0 Å². The van der Waals surface area contributed by atoms with Gasteiger partial charge in [-0.3, -0.25) is 4.79 Å². The van der Waals surface area contributed by atoms with Gasteiger partial charge in [0.1, 0.15) is 11.6 Å². The minimum Gasteiger partial charge on any atom is -0.496 e. The van der Waals surface area contributed by atoms with E-state index >= 15 is 0 Å². The number of anilines is 1. The number of ether oxygens (including phenoxy) is 1. The smallest absolute Gasteiger partial charge is 0.229 e. The number of hydrogen-bond acceptors (Lipinski definition) is 3. The van der Waals surface area contributed by atoms with Gasteiger partial charge in [0, 0.05) is 12.0 Å². The SMILES string of the molecule is COc1ccccc1C1CC1C(=O)Nc1cc(C)nn1C(C)(C)C. The molecule has 0 radical (unpaired) electrons. The van der Waals surface area contributed by atoms with Crippen LogP contribution in [0, 0.1) is 12.8 Å². The topological polar surface area (TPSA) is 56.1 Å². The second kappa shape index (κ2) is 5.96. The molecule has 0 aliphatic heterocycles. The molecule has 1 aliphatic carbocycles. The highest BCUT2D eigenvalue weighted by atomic mass is 16.5. The van der Waals surface area contributed by atoms with Gasteiger partial charge in [0.25, 0.3) is 0 Å². The number of nitrogens with zero attached hydrogens (tertiary/aromatic N) is 2. The predicted molar refractivity (Wildman–Crippen MR) is 94.4 cm³/mol. The molecule has 0 bridgehead atoms. The number of hydrogen-bond donors (Lipinski definition) is 1. The molecule has 2 unspecified atom stereocenters. The van der Waals surface area contributed by atoms with Gasteiger partial charge in [-0.2, -0.15) is 5.10 Å². The molecule has 5 nitrogen and oxygen atoms in total. The molecule has 1 aromatic carbocycles. The summed E-state index contributed by atoms with van der Waals surface area (Å²) in [5.74, 6) is 1.89. The zero-order chi connectivity index (χ0) is 17.5. The van der Waals surface area contributed by atoms with Crippen LogP contribution < -0.4 is 10.1 Å². The van der Waals surface area contributed by atoms with Crippen molar-refractivity contribution in [3.8, 4) is 5.75 Å². The Kier molecular flexibility index (Phi) is 4.11. The Balaban J connectivity index is 1.74. The molecule has 24 heavy (non-hydrogen) atoms. The zero-order valence-corrected chi connectivity index (χ0v) is 15.0. The fourth-order valence-electron chi connectivity index (χ4n) is 3.12. The van der Waals surface area contributed by atoms with Gasteiger partial charge >= 0.3 is 0 Å². The lowest BCUT2D eigenvalue weighted by molar-refractivity contribution is -0.117. The van der Waals surface area contributed by atoms with Crippen molar-refractivity contribution >= 4 is 11.7 Å². The van der Waals surface area contributed by atoms with Gasteiger partial charge in [-0.15, -0.1) is 0 Å². The number of benzene rings is 1. The average Bonchev–Trinajstić information content (AvgIpc) is 3.23. The van der Waals surface area contributed by atoms with Crippen LogP contribution >= 0.6 is 0 Å². The van der Waals surface area contributed by atoms with E-state index in [9.17, 15) is 4.79 Å². The first kappa shape index (κ1) is 16.6. The summed E-state index contributed by atoms with van der Waals surface area (Å²) < 4.78 is 7.29. The van der Waals surface area contributed by atoms with Crippen molar-refractivity contribution in [3.63, 3.8) is 0 Å². The molecule has 2 atom stereocenters. The van der Waals surface area contributed by atoms with Crippen LogP contribution in [0.25, 0.3) is 0 Å². The molecule has 1 saturated carbocycles. The molecular formula is C19H25N3O2. The van der Waals surface area contributed by atoms with Crippen LogP contribution in [0.15, 0.2) is 30.3 Å². The molecule has 1 amide bonds. The van der Waals surface area contributed by atoms with E-state index in [-0.39, 0.29) is 23.3 Å². The lowest BCUT2D eigenvalue weighted by atomic mass is 10.1. The van der Waals surface area contributed by atoms with Gasteiger partial charge in [0.05, 0.1) is 18.3 Å². The standard InChI is InChI=1S/C19H25N3O2/c1-12-10-17(22(21-12)19(2,3)4)20-18(23)15-11-14(15)13-8-6-7-9-16(13)24-5/h6-10,14-15H,11H2,1-5H3,(H,20,23). The van der Waals surface area contributed by atoms with Crippen molar-refractivity contribution in [1.29, 1.82) is 0 Å². The summed E-state index contributed by atoms with van der Waals surface area (Å²) in [7, 11) is 1.67. The van der Waals surface area contributed by atoms with Crippen molar-refractivity contribution in [1.82, 2.24) is 9.78 Å². The Labute approximate surface area is 143 Å². The van der Waals surface area contributed by atoms with E-state index in [0.717, 1.165) is 29.2 Å². The number of rotatable bonds is 4. The molecular weight excluding hydrogens is 302 g/mol. The van der Waals surface area contributed by atoms with E-state index in [0.29, 0.717) is 0 Å². The summed E-state index contributed by atoms with van der Waals surface area (Å²) in [5, 5.41) is 7.56. The van der Waals surface area contributed by atoms with Crippen molar-refractivity contribution in [2.75, 3.05) is 12.4 Å². The Morgan fingerprint density at radius 3 is 2.71 bits per heavy atom. The molecule has 1 N–H and O–H groups in total. The van der Waals surface area contributed by atoms with Crippen molar-refractivity contribution in [2.24, 2.45) is 5.92 Å². The van der Waals surface area contributed by atoms with E-state index in [2.05, 4.69) is 31.2 Å². The summed E-state index contributed by atoms with van der Waals surface area (Å²) in [6.07, 6.45) is 0.856.